The summed E-state index contributed by atoms with van der Waals surface area (Å²) in [5.74, 6) is 0.797. The summed E-state index contributed by atoms with van der Waals surface area (Å²) in [7, 11) is 1.64. The molecule has 30 heavy (non-hydrogen) atoms. The van der Waals surface area contributed by atoms with Crippen molar-refractivity contribution in [2.45, 2.75) is 39.5 Å². The lowest BCUT2D eigenvalue weighted by molar-refractivity contribution is 0.0253. The lowest BCUT2D eigenvalue weighted by Crippen LogP contribution is -2.43. The Bertz CT molecular complexity index is 926. The van der Waals surface area contributed by atoms with Crippen molar-refractivity contribution < 1.29 is 19.1 Å². The van der Waals surface area contributed by atoms with E-state index in [0.29, 0.717) is 18.8 Å². The van der Waals surface area contributed by atoms with Crippen LogP contribution in [0.25, 0.3) is 0 Å². The number of amides is 1. The average molecular weight is 412 g/mol. The number of carbonyl (C=O) groups is 1. The number of methoxy groups -OCH3 is 1. The molecule has 0 N–H and O–H groups in total. The Morgan fingerprint density at radius 3 is 2.63 bits per heavy atom. The number of benzene rings is 1. The first-order chi connectivity index (χ1) is 14.3. The maximum atomic E-state index is 12.7. The van der Waals surface area contributed by atoms with Crippen molar-refractivity contribution in [1.29, 1.82) is 0 Å². The summed E-state index contributed by atoms with van der Waals surface area (Å²) in [6.45, 7) is 10.7. The number of hydrogen-bond acceptors (Lipinski definition) is 6. The molecular formula is C22H28N4O4. The standard InChI is InChI=1S/C22H28N4O4/c1-6-11-29-24-19-14-25(21(27)30-22(2,3)4)15-20-18(19)12-23-26(20)13-16-7-9-17(28-5)10-8-16/h6-10,12H,1,11,13-15H2,2-5H3/b24-19+. The van der Waals surface area contributed by atoms with Gasteiger partial charge in [0.2, 0.25) is 0 Å². The minimum absolute atomic E-state index is 0.283. The van der Waals surface area contributed by atoms with Crippen LogP contribution in [0, 0.1) is 0 Å². The molecule has 0 saturated heterocycles. The van der Waals surface area contributed by atoms with Gasteiger partial charge in [-0.15, -0.1) is 0 Å². The van der Waals surface area contributed by atoms with Crippen molar-refractivity contribution in [2.75, 3.05) is 20.3 Å². The van der Waals surface area contributed by atoms with Crippen LogP contribution in [0.15, 0.2) is 48.3 Å². The summed E-state index contributed by atoms with van der Waals surface area (Å²) in [6, 6.07) is 7.80. The van der Waals surface area contributed by atoms with Crippen LogP contribution in [0.4, 0.5) is 4.79 Å². The molecule has 8 nitrogen and oxygen atoms in total. The number of fused-ring (bicyclic) bond motifs is 1. The van der Waals surface area contributed by atoms with Crippen molar-refractivity contribution >= 4 is 11.8 Å². The molecule has 0 unspecified atom stereocenters. The van der Waals surface area contributed by atoms with Gasteiger partial charge in [-0.05, 0) is 38.5 Å². The fraction of sp³-hybridized carbons (Fsp3) is 0.409. The first-order valence-electron chi connectivity index (χ1n) is 9.76. The minimum Gasteiger partial charge on any atom is -0.497 e. The number of rotatable bonds is 6. The second kappa shape index (κ2) is 9.02. The summed E-state index contributed by atoms with van der Waals surface area (Å²) >= 11 is 0. The highest BCUT2D eigenvalue weighted by molar-refractivity contribution is 6.04. The zero-order valence-corrected chi connectivity index (χ0v) is 17.9. The molecule has 0 radical (unpaired) electrons. The lowest BCUT2D eigenvalue weighted by Gasteiger charge is -2.30. The van der Waals surface area contributed by atoms with Crippen LogP contribution < -0.4 is 4.74 Å². The Morgan fingerprint density at radius 2 is 2.00 bits per heavy atom. The topological polar surface area (TPSA) is 78.2 Å². The number of aromatic nitrogens is 2. The predicted octanol–water partition coefficient (Wildman–Crippen LogP) is 3.60. The number of oxime groups is 1. The van der Waals surface area contributed by atoms with Gasteiger partial charge in [-0.25, -0.2) is 4.79 Å². The highest BCUT2D eigenvalue weighted by Crippen LogP contribution is 2.23. The molecule has 1 aromatic carbocycles. The normalized spacial score (nSPS) is 14.9. The van der Waals surface area contributed by atoms with E-state index in [1.807, 2.05) is 49.7 Å². The van der Waals surface area contributed by atoms with Crippen molar-refractivity contribution in [2.24, 2.45) is 5.16 Å². The van der Waals surface area contributed by atoms with Crippen molar-refractivity contribution in [3.05, 3.63) is 59.9 Å². The molecule has 1 aliphatic heterocycles. The minimum atomic E-state index is -0.586. The smallest absolute Gasteiger partial charge is 0.410 e. The maximum absolute atomic E-state index is 12.7. The Morgan fingerprint density at radius 1 is 1.27 bits per heavy atom. The average Bonchev–Trinajstić information content (AvgIpc) is 3.10. The van der Waals surface area contributed by atoms with E-state index >= 15 is 0 Å². The van der Waals surface area contributed by atoms with Crippen molar-refractivity contribution in [3.63, 3.8) is 0 Å². The molecule has 1 amide bonds. The molecule has 2 aromatic rings. The Hall–Kier alpha value is -3.29. The van der Waals surface area contributed by atoms with Gasteiger partial charge in [-0.1, -0.05) is 29.9 Å². The van der Waals surface area contributed by atoms with E-state index < -0.39 is 11.7 Å². The SMILES string of the molecule is C=CCO/N=C1\CN(C(=O)OC(C)(C)C)Cc2c1cnn2Cc1ccc(OC)cc1. The van der Waals surface area contributed by atoms with Gasteiger partial charge in [0.1, 0.15) is 23.7 Å². The molecule has 160 valence electrons. The van der Waals surface area contributed by atoms with Crippen molar-refractivity contribution in [1.82, 2.24) is 14.7 Å². The fourth-order valence-corrected chi connectivity index (χ4v) is 3.06. The van der Waals surface area contributed by atoms with Gasteiger partial charge in [0.05, 0.1) is 38.6 Å². The highest BCUT2D eigenvalue weighted by atomic mass is 16.6. The number of nitrogens with zero attached hydrogens (tertiary/aromatic N) is 4. The van der Waals surface area contributed by atoms with Gasteiger partial charge in [-0.2, -0.15) is 5.10 Å². The third kappa shape index (κ3) is 5.20. The molecular weight excluding hydrogens is 384 g/mol. The highest BCUT2D eigenvalue weighted by Gasteiger charge is 2.32. The largest absolute Gasteiger partial charge is 0.497 e. The van der Waals surface area contributed by atoms with E-state index in [1.165, 1.54) is 0 Å². The lowest BCUT2D eigenvalue weighted by atomic mass is 10.1. The van der Waals surface area contributed by atoms with Crippen LogP contribution in [0.3, 0.4) is 0 Å². The molecule has 0 atom stereocenters. The number of ether oxygens (including phenoxy) is 2. The van der Waals surface area contributed by atoms with Crippen LogP contribution in [0.2, 0.25) is 0 Å². The summed E-state index contributed by atoms with van der Waals surface area (Å²) in [6.07, 6.45) is 2.98. The first-order valence-corrected chi connectivity index (χ1v) is 9.76. The number of carbonyl (C=O) groups excluding carboxylic acids is 1. The van der Waals surface area contributed by atoms with Crippen LogP contribution in [-0.2, 0) is 22.7 Å². The molecule has 1 aliphatic rings. The van der Waals surface area contributed by atoms with Crippen LogP contribution >= 0.6 is 0 Å². The summed E-state index contributed by atoms with van der Waals surface area (Å²) < 4.78 is 12.6. The fourth-order valence-electron chi connectivity index (χ4n) is 3.06. The van der Waals surface area contributed by atoms with Crippen LogP contribution in [0.1, 0.15) is 37.6 Å². The van der Waals surface area contributed by atoms with E-state index in [0.717, 1.165) is 22.6 Å². The zero-order valence-electron chi connectivity index (χ0n) is 17.9. The number of hydrogen-bond donors (Lipinski definition) is 0. The van der Waals surface area contributed by atoms with Crippen LogP contribution in [0.5, 0.6) is 5.75 Å². The van der Waals surface area contributed by atoms with E-state index in [1.54, 1.807) is 24.3 Å². The molecule has 0 fully saturated rings. The first kappa shape index (κ1) is 21.4. The van der Waals surface area contributed by atoms with E-state index in [4.69, 9.17) is 14.3 Å². The van der Waals surface area contributed by atoms with Gasteiger partial charge in [0, 0.05) is 5.56 Å². The van der Waals surface area contributed by atoms with E-state index in [9.17, 15) is 4.79 Å². The second-order valence-corrected chi connectivity index (χ2v) is 7.97. The molecule has 0 saturated carbocycles. The summed E-state index contributed by atoms with van der Waals surface area (Å²) in [5.41, 5.74) is 2.86. The summed E-state index contributed by atoms with van der Waals surface area (Å²) in [5, 5.41) is 8.75. The predicted molar refractivity (Wildman–Crippen MR) is 114 cm³/mol. The van der Waals surface area contributed by atoms with Gasteiger partial charge >= 0.3 is 6.09 Å². The Balaban J connectivity index is 1.88. The van der Waals surface area contributed by atoms with Gasteiger partial charge in [-0.3, -0.25) is 9.58 Å². The van der Waals surface area contributed by atoms with Crippen LogP contribution in [-0.4, -0.2) is 52.3 Å². The molecule has 3 rings (SSSR count). The second-order valence-electron chi connectivity index (χ2n) is 7.97. The molecule has 2 heterocycles. The molecule has 0 aliphatic carbocycles. The molecule has 0 bridgehead atoms. The van der Waals surface area contributed by atoms with Gasteiger partial charge < -0.3 is 14.3 Å². The Labute approximate surface area is 176 Å². The third-order valence-corrected chi connectivity index (χ3v) is 4.45. The van der Waals surface area contributed by atoms with E-state index in [2.05, 4.69) is 16.8 Å². The quantitative estimate of drug-likeness (QED) is 0.412. The van der Waals surface area contributed by atoms with E-state index in [-0.39, 0.29) is 13.2 Å². The molecule has 1 aromatic heterocycles. The summed E-state index contributed by atoms with van der Waals surface area (Å²) in [4.78, 5) is 19.6. The molecule has 8 heteroatoms. The molecule has 0 spiro atoms. The maximum Gasteiger partial charge on any atom is 0.410 e. The van der Waals surface area contributed by atoms with Gasteiger partial charge in [0.25, 0.3) is 0 Å². The monoisotopic (exact) mass is 412 g/mol. The Kier molecular flexibility index (Phi) is 6.44. The van der Waals surface area contributed by atoms with Crippen molar-refractivity contribution in [3.8, 4) is 5.75 Å². The van der Waals surface area contributed by atoms with Gasteiger partial charge in [0.15, 0.2) is 0 Å². The zero-order chi connectivity index (χ0) is 21.7. The third-order valence-electron chi connectivity index (χ3n) is 4.45.